The number of aryl methyl sites for hydroxylation is 1. The fourth-order valence-corrected chi connectivity index (χ4v) is 3.55. The van der Waals surface area contributed by atoms with Crippen LogP contribution < -0.4 is 10.2 Å². The van der Waals surface area contributed by atoms with Gasteiger partial charge in [-0.25, -0.2) is 4.98 Å². The number of anilines is 3. The van der Waals surface area contributed by atoms with Crippen molar-refractivity contribution in [2.24, 2.45) is 0 Å². The van der Waals surface area contributed by atoms with Crippen LogP contribution in [0, 0.1) is 6.92 Å². The van der Waals surface area contributed by atoms with Gasteiger partial charge in [0.1, 0.15) is 0 Å². The molecule has 28 heavy (non-hydrogen) atoms. The quantitative estimate of drug-likeness (QED) is 0.568. The predicted molar refractivity (Wildman–Crippen MR) is 115 cm³/mol. The summed E-state index contributed by atoms with van der Waals surface area (Å²) in [5, 5.41) is 5.69. The maximum absolute atomic E-state index is 12.2. The van der Waals surface area contributed by atoms with Gasteiger partial charge in [0.05, 0.1) is 11.4 Å². The van der Waals surface area contributed by atoms with Crippen LogP contribution in [0.25, 0.3) is 6.08 Å². The SMILES string of the molecule is CC(=O)N(c1ccccc1)c1nc(/C=C/C(=O)Nc2cc(Cl)ccc2C)cs1. The molecule has 0 bridgehead atoms. The normalized spacial score (nSPS) is 10.8. The van der Waals surface area contributed by atoms with Gasteiger partial charge in [-0.05, 0) is 42.8 Å². The van der Waals surface area contributed by atoms with Crippen molar-refractivity contribution in [1.82, 2.24) is 4.98 Å². The highest BCUT2D eigenvalue weighted by molar-refractivity contribution is 7.14. The van der Waals surface area contributed by atoms with Crippen molar-refractivity contribution >= 4 is 57.3 Å². The number of carbonyl (C=O) groups is 2. The third kappa shape index (κ3) is 4.85. The predicted octanol–water partition coefficient (Wildman–Crippen LogP) is 5.44. The molecule has 0 unspecified atom stereocenters. The molecule has 0 aliphatic rings. The van der Waals surface area contributed by atoms with E-state index in [2.05, 4.69) is 10.3 Å². The molecule has 0 aliphatic carbocycles. The van der Waals surface area contributed by atoms with E-state index in [1.165, 1.54) is 29.2 Å². The average molecular weight is 412 g/mol. The van der Waals surface area contributed by atoms with Crippen LogP contribution in [0.2, 0.25) is 5.02 Å². The van der Waals surface area contributed by atoms with E-state index in [-0.39, 0.29) is 11.8 Å². The molecule has 1 aromatic heterocycles. The summed E-state index contributed by atoms with van der Waals surface area (Å²) in [6.07, 6.45) is 3.01. The first-order chi connectivity index (χ1) is 13.4. The van der Waals surface area contributed by atoms with Crippen LogP contribution in [0.4, 0.5) is 16.5 Å². The lowest BCUT2D eigenvalue weighted by Crippen LogP contribution is -2.22. The van der Waals surface area contributed by atoms with E-state index in [9.17, 15) is 9.59 Å². The Morgan fingerprint density at radius 3 is 2.64 bits per heavy atom. The minimum absolute atomic E-state index is 0.134. The van der Waals surface area contributed by atoms with Gasteiger partial charge < -0.3 is 5.32 Å². The molecule has 3 aromatic rings. The molecule has 7 heteroatoms. The first-order valence-electron chi connectivity index (χ1n) is 8.50. The van der Waals surface area contributed by atoms with Crippen molar-refractivity contribution < 1.29 is 9.59 Å². The number of nitrogens with zero attached hydrogens (tertiary/aromatic N) is 2. The first-order valence-corrected chi connectivity index (χ1v) is 9.76. The Morgan fingerprint density at radius 2 is 1.93 bits per heavy atom. The van der Waals surface area contributed by atoms with Gasteiger partial charge in [0.2, 0.25) is 11.8 Å². The van der Waals surface area contributed by atoms with E-state index in [0.717, 1.165) is 11.3 Å². The van der Waals surface area contributed by atoms with E-state index in [0.29, 0.717) is 21.5 Å². The zero-order valence-electron chi connectivity index (χ0n) is 15.3. The number of halogens is 1. The standard InChI is InChI=1S/C21H18ClN3O2S/c1-14-8-9-16(22)12-19(14)24-20(27)11-10-17-13-28-21(23-17)25(15(2)26)18-6-4-3-5-7-18/h3-13H,1-2H3,(H,24,27)/b11-10+. The number of amides is 2. The molecule has 0 saturated carbocycles. The number of carbonyl (C=O) groups excluding carboxylic acids is 2. The van der Waals surface area contributed by atoms with Crippen LogP contribution in [0.1, 0.15) is 18.2 Å². The van der Waals surface area contributed by atoms with E-state index in [4.69, 9.17) is 11.6 Å². The fraction of sp³-hybridized carbons (Fsp3) is 0.0952. The molecule has 0 spiro atoms. The zero-order chi connectivity index (χ0) is 20.1. The molecule has 142 valence electrons. The van der Waals surface area contributed by atoms with Crippen molar-refractivity contribution in [3.05, 3.63) is 76.3 Å². The Labute approximate surface area is 172 Å². The number of rotatable bonds is 5. The monoisotopic (exact) mass is 411 g/mol. The van der Waals surface area contributed by atoms with Crippen LogP contribution in [-0.2, 0) is 9.59 Å². The fourth-order valence-electron chi connectivity index (χ4n) is 2.52. The molecule has 0 saturated heterocycles. The lowest BCUT2D eigenvalue weighted by atomic mass is 10.2. The minimum Gasteiger partial charge on any atom is -0.322 e. The van der Waals surface area contributed by atoms with Crippen molar-refractivity contribution in [1.29, 1.82) is 0 Å². The van der Waals surface area contributed by atoms with Crippen LogP contribution >= 0.6 is 22.9 Å². The molecule has 0 atom stereocenters. The second-order valence-corrected chi connectivity index (χ2v) is 7.30. The van der Waals surface area contributed by atoms with Crippen LogP contribution in [-0.4, -0.2) is 16.8 Å². The Hall–Kier alpha value is -2.96. The summed E-state index contributed by atoms with van der Waals surface area (Å²) in [5.74, 6) is -0.420. The molecule has 3 rings (SSSR count). The Balaban J connectivity index is 1.73. The number of thiazole rings is 1. The number of nitrogens with one attached hydrogen (secondary N) is 1. The van der Waals surface area contributed by atoms with E-state index >= 15 is 0 Å². The van der Waals surface area contributed by atoms with Gasteiger partial charge >= 0.3 is 0 Å². The summed E-state index contributed by atoms with van der Waals surface area (Å²) in [5.41, 5.74) is 2.92. The van der Waals surface area contributed by atoms with Crippen molar-refractivity contribution in [3.63, 3.8) is 0 Å². The first kappa shape index (κ1) is 19.8. The number of aromatic nitrogens is 1. The Morgan fingerprint density at radius 1 is 1.18 bits per heavy atom. The van der Waals surface area contributed by atoms with Gasteiger partial charge in [-0.15, -0.1) is 11.3 Å². The molecule has 0 fully saturated rings. The highest BCUT2D eigenvalue weighted by Crippen LogP contribution is 2.29. The van der Waals surface area contributed by atoms with Crippen molar-refractivity contribution in [3.8, 4) is 0 Å². The van der Waals surface area contributed by atoms with Gasteiger partial charge in [-0.2, -0.15) is 0 Å². The smallest absolute Gasteiger partial charge is 0.248 e. The molecule has 2 amide bonds. The largest absolute Gasteiger partial charge is 0.322 e. The molecule has 0 radical (unpaired) electrons. The van der Waals surface area contributed by atoms with Crippen LogP contribution in [0.15, 0.2) is 60.0 Å². The number of hydrogen-bond acceptors (Lipinski definition) is 4. The van der Waals surface area contributed by atoms with Gasteiger partial charge in [-0.3, -0.25) is 14.5 Å². The van der Waals surface area contributed by atoms with Crippen molar-refractivity contribution in [2.45, 2.75) is 13.8 Å². The average Bonchev–Trinajstić information content (AvgIpc) is 3.12. The zero-order valence-corrected chi connectivity index (χ0v) is 16.9. The van der Waals surface area contributed by atoms with E-state index in [1.54, 1.807) is 23.6 Å². The maximum Gasteiger partial charge on any atom is 0.248 e. The highest BCUT2D eigenvalue weighted by atomic mass is 35.5. The lowest BCUT2D eigenvalue weighted by molar-refractivity contribution is -0.116. The number of benzene rings is 2. The van der Waals surface area contributed by atoms with Crippen LogP contribution in [0.3, 0.4) is 0 Å². The molecule has 0 aliphatic heterocycles. The summed E-state index contributed by atoms with van der Waals surface area (Å²) >= 11 is 7.31. The third-order valence-electron chi connectivity index (χ3n) is 3.89. The second kappa shape index (κ2) is 8.82. The van der Waals surface area contributed by atoms with Gasteiger partial charge in [-0.1, -0.05) is 35.9 Å². The molecule has 1 heterocycles. The second-order valence-electron chi connectivity index (χ2n) is 6.03. The van der Waals surface area contributed by atoms with Gasteiger partial charge in [0, 0.05) is 29.1 Å². The molecular weight excluding hydrogens is 394 g/mol. The molecule has 2 aromatic carbocycles. The molecule has 5 nitrogen and oxygen atoms in total. The highest BCUT2D eigenvalue weighted by Gasteiger charge is 2.17. The molecule has 1 N–H and O–H groups in total. The summed E-state index contributed by atoms with van der Waals surface area (Å²) in [7, 11) is 0. The Kier molecular flexibility index (Phi) is 6.23. The van der Waals surface area contributed by atoms with Crippen LogP contribution in [0.5, 0.6) is 0 Å². The number of para-hydroxylation sites is 1. The summed E-state index contributed by atoms with van der Waals surface area (Å²) < 4.78 is 0. The minimum atomic E-state index is -0.286. The molecular formula is C21H18ClN3O2S. The summed E-state index contributed by atoms with van der Waals surface area (Å²) in [6.45, 7) is 3.38. The number of hydrogen-bond donors (Lipinski definition) is 1. The van der Waals surface area contributed by atoms with E-state index < -0.39 is 0 Å². The van der Waals surface area contributed by atoms with Crippen molar-refractivity contribution in [2.75, 3.05) is 10.2 Å². The third-order valence-corrected chi connectivity index (χ3v) is 4.97. The van der Waals surface area contributed by atoms with Gasteiger partial charge in [0.15, 0.2) is 5.13 Å². The maximum atomic E-state index is 12.2. The Bertz CT molecular complexity index is 1030. The van der Waals surface area contributed by atoms with Gasteiger partial charge in [0.25, 0.3) is 0 Å². The summed E-state index contributed by atoms with van der Waals surface area (Å²) in [6, 6.07) is 14.6. The lowest BCUT2D eigenvalue weighted by Gasteiger charge is -2.17. The topological polar surface area (TPSA) is 62.3 Å². The summed E-state index contributed by atoms with van der Waals surface area (Å²) in [4.78, 5) is 30.3. The van der Waals surface area contributed by atoms with E-state index in [1.807, 2.05) is 43.3 Å².